The lowest BCUT2D eigenvalue weighted by Crippen LogP contribution is -2.67. The largest absolute Gasteiger partial charge is 0.311 e. The van der Waals surface area contributed by atoms with Crippen LogP contribution >= 0.6 is 11.8 Å². The second-order valence-electron chi connectivity index (χ2n) is 23.2. The molecule has 1 spiro atoms. The van der Waals surface area contributed by atoms with Gasteiger partial charge in [-0.25, -0.2) is 0 Å². The van der Waals surface area contributed by atoms with Gasteiger partial charge in [-0.15, -0.1) is 0 Å². The fraction of sp³-hybridized carbons (Fsp3) is 0.188. The van der Waals surface area contributed by atoms with Gasteiger partial charge in [-0.3, -0.25) is 0 Å². The Hall–Kier alpha value is -7.20. The predicted octanol–water partition coefficient (Wildman–Crippen LogP) is 15.4. The highest BCUT2D eigenvalue weighted by Gasteiger charge is 2.61. The molecular weight excluding hydrogens is 910 g/mol. The van der Waals surface area contributed by atoms with Gasteiger partial charge in [0, 0.05) is 38.0 Å². The van der Waals surface area contributed by atoms with E-state index in [-0.39, 0.29) is 53.1 Å². The zero-order chi connectivity index (χ0) is 50.3. The third-order valence-corrected chi connectivity index (χ3v) is 18.2. The van der Waals surface area contributed by atoms with Gasteiger partial charge in [0.1, 0.15) is 0 Å². The SMILES string of the molecule is CC(C)(C)c1ccc(N(c2ccc(B3c4ccccc4C4(c5ccccc5B(c5ccc(N6c7ccccc7Sc7ccccc76)cc5)C5C=CC=CC54)C4C=CC=CC34)cc2)c2ccc(C(C)(C)C)cc2)cc1. The number of allylic oxidation sites excluding steroid dienone is 8. The smallest absolute Gasteiger partial charge is 0.217 e. The van der Waals surface area contributed by atoms with Gasteiger partial charge in [-0.2, -0.15) is 0 Å². The van der Waals surface area contributed by atoms with E-state index in [1.165, 1.54) is 71.0 Å². The van der Waals surface area contributed by atoms with Gasteiger partial charge < -0.3 is 9.80 Å². The topological polar surface area (TPSA) is 6.48 Å². The molecule has 8 aromatic carbocycles. The molecule has 360 valence electrons. The van der Waals surface area contributed by atoms with Crippen molar-refractivity contribution in [1.29, 1.82) is 0 Å². The summed E-state index contributed by atoms with van der Waals surface area (Å²) in [5.74, 6) is 0.930. The molecule has 5 atom stereocenters. The van der Waals surface area contributed by atoms with Gasteiger partial charge in [0.15, 0.2) is 0 Å². The third-order valence-electron chi connectivity index (χ3n) is 17.1. The molecule has 5 unspecified atom stereocenters. The minimum atomic E-state index is -0.300. The lowest BCUT2D eigenvalue weighted by atomic mass is 9.19. The molecule has 0 aromatic heterocycles. The van der Waals surface area contributed by atoms with E-state index in [4.69, 9.17) is 0 Å². The lowest BCUT2D eigenvalue weighted by Gasteiger charge is -2.59. The van der Waals surface area contributed by atoms with Crippen LogP contribution in [0.5, 0.6) is 0 Å². The molecule has 0 fully saturated rings. The first-order chi connectivity index (χ1) is 36.0. The van der Waals surface area contributed by atoms with Gasteiger partial charge in [0.2, 0.25) is 13.4 Å². The number of anilines is 6. The number of benzene rings is 8. The maximum atomic E-state index is 2.58. The van der Waals surface area contributed by atoms with Crippen LogP contribution in [-0.2, 0) is 16.2 Å². The molecule has 0 bridgehead atoms. The fourth-order valence-electron chi connectivity index (χ4n) is 13.7. The number of hydrogen-bond acceptors (Lipinski definition) is 3. The van der Waals surface area contributed by atoms with E-state index in [1.54, 1.807) is 0 Å². The van der Waals surface area contributed by atoms with Gasteiger partial charge in [0.05, 0.1) is 11.4 Å². The summed E-state index contributed by atoms with van der Waals surface area (Å²) in [7, 11) is 0. The van der Waals surface area contributed by atoms with E-state index in [2.05, 4.69) is 294 Å². The molecule has 5 heteroatoms. The molecule has 0 amide bonds. The number of hydrogen-bond donors (Lipinski definition) is 0. The van der Waals surface area contributed by atoms with Crippen LogP contribution in [0, 0.1) is 11.8 Å². The fourth-order valence-corrected chi connectivity index (χ4v) is 14.8. The Morgan fingerprint density at radius 1 is 0.419 bits per heavy atom. The Morgan fingerprint density at radius 3 is 1.24 bits per heavy atom. The van der Waals surface area contributed by atoms with Crippen molar-refractivity contribution in [2.75, 3.05) is 9.80 Å². The minimum Gasteiger partial charge on any atom is -0.311 e. The average Bonchev–Trinajstić information content (AvgIpc) is 3.43. The standard InChI is InChI=1S/C69H62B2N2S/c1-67(2,3)47-31-39-51(40-32-47)72(52-41-33-48(34-42-52)68(4,5)6)53-43-35-49(36-44-53)70-59-23-11-7-19-55(59)69(56-20-8-12-24-60(56)70)57-21-9-13-25-61(57)71(62-26-14-10-22-58(62)69)50-37-45-54(46-38-50)73-63-27-15-17-29-65(63)74-66-30-18-16-28-64(66)73/h7-46,55,57,59,61H,1-6H3. The Labute approximate surface area is 444 Å². The summed E-state index contributed by atoms with van der Waals surface area (Å²) in [4.78, 5) is 7.43. The van der Waals surface area contributed by atoms with Crippen molar-refractivity contribution in [3.8, 4) is 0 Å². The molecule has 2 aliphatic carbocycles. The summed E-state index contributed by atoms with van der Waals surface area (Å²) in [5.41, 5.74) is 18.2. The second kappa shape index (κ2) is 18.0. The first-order valence-electron chi connectivity index (χ1n) is 26.7. The summed E-state index contributed by atoms with van der Waals surface area (Å²) in [6, 6.07) is 74.2. The summed E-state index contributed by atoms with van der Waals surface area (Å²) in [5, 5.41) is 0. The molecule has 0 saturated carbocycles. The van der Waals surface area contributed by atoms with Gasteiger partial charge in [-0.05, 0) is 129 Å². The molecule has 0 saturated heterocycles. The Bertz CT molecular complexity index is 3440. The monoisotopic (exact) mass is 972 g/mol. The van der Waals surface area contributed by atoms with Crippen molar-refractivity contribution < 1.29 is 0 Å². The number of para-hydroxylation sites is 2. The number of fused-ring (bicyclic) bond motifs is 10. The Balaban J connectivity index is 0.908. The van der Waals surface area contributed by atoms with Crippen molar-refractivity contribution in [2.45, 2.75) is 79.2 Å². The van der Waals surface area contributed by atoms with Gasteiger partial charge >= 0.3 is 0 Å². The molecule has 3 heterocycles. The van der Waals surface area contributed by atoms with Crippen molar-refractivity contribution >= 4 is 81.2 Å². The molecule has 74 heavy (non-hydrogen) atoms. The maximum absolute atomic E-state index is 2.58. The van der Waals surface area contributed by atoms with Gasteiger partial charge in [-0.1, -0.05) is 245 Å². The normalized spacial score (nSPS) is 21.1. The molecule has 0 radical (unpaired) electrons. The van der Waals surface area contributed by atoms with Crippen LogP contribution in [0.2, 0.25) is 11.6 Å². The van der Waals surface area contributed by atoms with E-state index in [0.29, 0.717) is 0 Å². The lowest BCUT2D eigenvalue weighted by molar-refractivity contribution is 0.281. The molecule has 13 rings (SSSR count). The van der Waals surface area contributed by atoms with E-state index in [0.717, 1.165) is 17.1 Å². The van der Waals surface area contributed by atoms with E-state index in [1.807, 2.05) is 11.8 Å². The summed E-state index contributed by atoms with van der Waals surface area (Å²) < 4.78 is 0. The van der Waals surface area contributed by atoms with Crippen LogP contribution in [0.1, 0.15) is 63.8 Å². The van der Waals surface area contributed by atoms with Gasteiger partial charge in [0.25, 0.3) is 0 Å². The molecule has 3 aliphatic heterocycles. The summed E-state index contributed by atoms with van der Waals surface area (Å²) >= 11 is 1.86. The van der Waals surface area contributed by atoms with Crippen molar-refractivity contribution in [2.24, 2.45) is 11.8 Å². The zero-order valence-corrected chi connectivity index (χ0v) is 44.2. The van der Waals surface area contributed by atoms with E-state index < -0.39 is 0 Å². The number of rotatable bonds is 6. The van der Waals surface area contributed by atoms with Crippen molar-refractivity contribution in [3.05, 3.63) is 265 Å². The van der Waals surface area contributed by atoms with E-state index in [9.17, 15) is 0 Å². The molecule has 8 aromatic rings. The highest BCUT2D eigenvalue weighted by atomic mass is 32.2. The number of nitrogens with zero attached hydrogens (tertiary/aromatic N) is 2. The Morgan fingerprint density at radius 2 is 0.797 bits per heavy atom. The molecule has 2 nitrogen and oxygen atoms in total. The highest BCUT2D eigenvalue weighted by molar-refractivity contribution is 7.99. The summed E-state index contributed by atoms with van der Waals surface area (Å²) in [6.07, 6.45) is 19.5. The molecule has 0 N–H and O–H groups in total. The van der Waals surface area contributed by atoms with Crippen LogP contribution in [0.3, 0.4) is 0 Å². The average molecular weight is 973 g/mol. The zero-order valence-electron chi connectivity index (χ0n) is 43.4. The van der Waals surface area contributed by atoms with Crippen molar-refractivity contribution in [3.63, 3.8) is 0 Å². The van der Waals surface area contributed by atoms with Crippen LogP contribution in [-0.4, -0.2) is 13.4 Å². The van der Waals surface area contributed by atoms with Crippen LogP contribution in [0.15, 0.2) is 253 Å². The highest BCUT2D eigenvalue weighted by Crippen LogP contribution is 2.60. The van der Waals surface area contributed by atoms with Crippen LogP contribution in [0.4, 0.5) is 34.1 Å². The predicted molar refractivity (Wildman–Crippen MR) is 319 cm³/mol. The molecular formula is C69H62B2N2S. The van der Waals surface area contributed by atoms with Crippen LogP contribution < -0.4 is 31.7 Å². The van der Waals surface area contributed by atoms with Crippen LogP contribution in [0.25, 0.3) is 0 Å². The minimum absolute atomic E-state index is 0.0720. The first-order valence-corrected chi connectivity index (χ1v) is 27.6. The van der Waals surface area contributed by atoms with Crippen molar-refractivity contribution in [1.82, 2.24) is 0 Å². The Kier molecular flexibility index (Phi) is 11.3. The first kappa shape index (κ1) is 46.6. The van der Waals surface area contributed by atoms with E-state index >= 15 is 0 Å². The third kappa shape index (κ3) is 7.56. The summed E-state index contributed by atoms with van der Waals surface area (Å²) in [6.45, 7) is 14.1. The second-order valence-corrected chi connectivity index (χ2v) is 24.3. The molecule has 5 aliphatic rings. The maximum Gasteiger partial charge on any atom is 0.217 e. The quantitative estimate of drug-likeness (QED) is 0.153.